The van der Waals surface area contributed by atoms with Crippen molar-refractivity contribution in [2.75, 3.05) is 13.2 Å². The highest BCUT2D eigenvalue weighted by Gasteiger charge is 2.28. The molecule has 16 heavy (non-hydrogen) atoms. The first kappa shape index (κ1) is 13.9. The molecule has 0 aliphatic carbocycles. The van der Waals surface area contributed by atoms with Gasteiger partial charge in [0.05, 0.1) is 6.61 Å². The third-order valence-electron chi connectivity index (χ3n) is 4.06. The van der Waals surface area contributed by atoms with E-state index in [2.05, 4.69) is 33.1 Å². The second-order valence-corrected chi connectivity index (χ2v) is 6.25. The molecule has 3 heteroatoms. The molecule has 1 aliphatic rings. The molecule has 0 aromatic heterocycles. The van der Waals surface area contributed by atoms with Crippen LogP contribution in [0.2, 0.25) is 0 Å². The van der Waals surface area contributed by atoms with Gasteiger partial charge in [-0.3, -0.25) is 11.3 Å². The highest BCUT2D eigenvalue weighted by atomic mass is 16.5. The highest BCUT2D eigenvalue weighted by Crippen LogP contribution is 2.31. The van der Waals surface area contributed by atoms with Gasteiger partial charge in [-0.25, -0.2) is 0 Å². The molecule has 3 atom stereocenters. The Balaban J connectivity index is 2.47. The summed E-state index contributed by atoms with van der Waals surface area (Å²) in [6.07, 6.45) is 3.55. The number of hydrogen-bond acceptors (Lipinski definition) is 3. The molecule has 1 heterocycles. The average Bonchev–Trinajstić information content (AvgIpc) is 2.25. The molecule has 3 N–H and O–H groups in total. The van der Waals surface area contributed by atoms with Crippen LogP contribution < -0.4 is 11.3 Å². The summed E-state index contributed by atoms with van der Waals surface area (Å²) in [4.78, 5) is 0. The molecule has 1 aliphatic heterocycles. The van der Waals surface area contributed by atoms with Gasteiger partial charge in [0, 0.05) is 12.6 Å². The first-order valence-corrected chi connectivity index (χ1v) is 6.49. The average molecular weight is 228 g/mol. The molecule has 0 aromatic carbocycles. The zero-order valence-corrected chi connectivity index (χ0v) is 11.3. The molecule has 0 spiro atoms. The van der Waals surface area contributed by atoms with Crippen molar-refractivity contribution in [1.82, 2.24) is 5.43 Å². The minimum Gasteiger partial charge on any atom is -0.381 e. The summed E-state index contributed by atoms with van der Waals surface area (Å²) in [5.74, 6) is 6.94. The number of ether oxygens (including phenoxy) is 1. The van der Waals surface area contributed by atoms with Gasteiger partial charge in [-0.2, -0.15) is 0 Å². The molecule has 0 aromatic rings. The Morgan fingerprint density at radius 2 is 2.12 bits per heavy atom. The van der Waals surface area contributed by atoms with Crippen LogP contribution in [0.5, 0.6) is 0 Å². The van der Waals surface area contributed by atoms with E-state index in [0.717, 1.165) is 19.6 Å². The van der Waals surface area contributed by atoms with Gasteiger partial charge in [-0.1, -0.05) is 27.7 Å². The summed E-state index contributed by atoms with van der Waals surface area (Å²) >= 11 is 0. The standard InChI is InChI=1S/C13H28N2O/c1-10(13(2,3)4)8-12(15-14)11-6-5-7-16-9-11/h10-12,15H,5-9,14H2,1-4H3. The van der Waals surface area contributed by atoms with E-state index in [4.69, 9.17) is 10.6 Å². The van der Waals surface area contributed by atoms with Crippen LogP contribution in [0.3, 0.4) is 0 Å². The number of hydrogen-bond donors (Lipinski definition) is 2. The summed E-state index contributed by atoms with van der Waals surface area (Å²) in [6.45, 7) is 11.0. The molecule has 0 bridgehead atoms. The Hall–Kier alpha value is -0.120. The van der Waals surface area contributed by atoms with E-state index in [9.17, 15) is 0 Å². The molecule has 1 saturated heterocycles. The summed E-state index contributed by atoms with van der Waals surface area (Å²) in [5, 5.41) is 0. The predicted molar refractivity (Wildman–Crippen MR) is 67.9 cm³/mol. The summed E-state index contributed by atoms with van der Waals surface area (Å²) in [6, 6.07) is 0.398. The second-order valence-electron chi connectivity index (χ2n) is 6.25. The zero-order valence-electron chi connectivity index (χ0n) is 11.3. The van der Waals surface area contributed by atoms with Gasteiger partial charge in [-0.15, -0.1) is 0 Å². The molecular formula is C13H28N2O. The minimum absolute atomic E-state index is 0.352. The van der Waals surface area contributed by atoms with Crippen LogP contribution in [0.25, 0.3) is 0 Å². The molecular weight excluding hydrogens is 200 g/mol. The van der Waals surface area contributed by atoms with E-state index in [1.54, 1.807) is 0 Å². The van der Waals surface area contributed by atoms with E-state index in [1.165, 1.54) is 12.8 Å². The lowest BCUT2D eigenvalue weighted by molar-refractivity contribution is 0.0319. The van der Waals surface area contributed by atoms with E-state index in [1.807, 2.05) is 0 Å². The van der Waals surface area contributed by atoms with Gasteiger partial charge >= 0.3 is 0 Å². The van der Waals surface area contributed by atoms with Crippen LogP contribution in [0.15, 0.2) is 0 Å². The van der Waals surface area contributed by atoms with Crippen molar-refractivity contribution in [3.05, 3.63) is 0 Å². The fraction of sp³-hybridized carbons (Fsp3) is 1.00. The highest BCUT2D eigenvalue weighted by molar-refractivity contribution is 4.82. The molecule has 1 rings (SSSR count). The van der Waals surface area contributed by atoms with Gasteiger partial charge in [0.2, 0.25) is 0 Å². The van der Waals surface area contributed by atoms with E-state index < -0.39 is 0 Å². The molecule has 3 nitrogen and oxygen atoms in total. The van der Waals surface area contributed by atoms with Gasteiger partial charge in [0.25, 0.3) is 0 Å². The van der Waals surface area contributed by atoms with Crippen molar-refractivity contribution < 1.29 is 4.74 Å². The lowest BCUT2D eigenvalue weighted by Gasteiger charge is -2.35. The van der Waals surface area contributed by atoms with Crippen molar-refractivity contribution >= 4 is 0 Å². The minimum atomic E-state index is 0.352. The van der Waals surface area contributed by atoms with Crippen molar-refractivity contribution in [3.63, 3.8) is 0 Å². The summed E-state index contributed by atoms with van der Waals surface area (Å²) in [5.41, 5.74) is 3.35. The molecule has 0 amide bonds. The Morgan fingerprint density at radius 3 is 2.56 bits per heavy atom. The van der Waals surface area contributed by atoms with Crippen LogP contribution in [-0.2, 0) is 4.74 Å². The molecule has 96 valence electrons. The van der Waals surface area contributed by atoms with Gasteiger partial charge in [0.1, 0.15) is 0 Å². The predicted octanol–water partition coefficient (Wildman–Crippen LogP) is 2.32. The van der Waals surface area contributed by atoms with Gasteiger partial charge < -0.3 is 4.74 Å². The largest absolute Gasteiger partial charge is 0.381 e. The molecule has 1 fully saturated rings. The Bertz CT molecular complexity index is 195. The normalized spacial score (nSPS) is 26.4. The van der Waals surface area contributed by atoms with Gasteiger partial charge in [0.15, 0.2) is 0 Å². The van der Waals surface area contributed by atoms with Crippen molar-refractivity contribution in [3.8, 4) is 0 Å². The first-order chi connectivity index (χ1) is 7.45. The van der Waals surface area contributed by atoms with Crippen LogP contribution >= 0.6 is 0 Å². The number of rotatable bonds is 4. The van der Waals surface area contributed by atoms with E-state index in [-0.39, 0.29) is 0 Å². The number of hydrazine groups is 1. The monoisotopic (exact) mass is 228 g/mol. The fourth-order valence-corrected chi connectivity index (χ4v) is 2.21. The summed E-state index contributed by atoms with van der Waals surface area (Å²) < 4.78 is 5.54. The lowest BCUT2D eigenvalue weighted by Crippen LogP contribution is -2.45. The Kier molecular flexibility index (Phi) is 5.22. The topological polar surface area (TPSA) is 47.3 Å². The zero-order chi connectivity index (χ0) is 12.2. The van der Waals surface area contributed by atoms with Crippen LogP contribution in [0.1, 0.15) is 47.0 Å². The van der Waals surface area contributed by atoms with E-state index >= 15 is 0 Å². The van der Waals surface area contributed by atoms with Crippen LogP contribution in [0.4, 0.5) is 0 Å². The molecule has 0 radical (unpaired) electrons. The third kappa shape index (κ3) is 4.04. The van der Waals surface area contributed by atoms with E-state index in [0.29, 0.717) is 23.3 Å². The van der Waals surface area contributed by atoms with Crippen LogP contribution in [0, 0.1) is 17.3 Å². The SMILES string of the molecule is CC(CC(NN)C1CCCOC1)C(C)(C)C. The first-order valence-electron chi connectivity index (χ1n) is 6.49. The smallest absolute Gasteiger partial charge is 0.0509 e. The molecule has 3 unspecified atom stereocenters. The number of nitrogens with two attached hydrogens (primary N) is 1. The quantitative estimate of drug-likeness (QED) is 0.573. The van der Waals surface area contributed by atoms with Crippen molar-refractivity contribution in [2.24, 2.45) is 23.1 Å². The van der Waals surface area contributed by atoms with Crippen LogP contribution in [-0.4, -0.2) is 19.3 Å². The fourth-order valence-electron chi connectivity index (χ4n) is 2.21. The lowest BCUT2D eigenvalue weighted by atomic mass is 9.76. The number of nitrogens with one attached hydrogen (secondary N) is 1. The Labute approximate surface area is 100 Å². The maximum atomic E-state index is 5.69. The maximum absolute atomic E-state index is 5.69. The maximum Gasteiger partial charge on any atom is 0.0509 e. The van der Waals surface area contributed by atoms with Gasteiger partial charge in [-0.05, 0) is 36.5 Å². The summed E-state index contributed by atoms with van der Waals surface area (Å²) in [7, 11) is 0. The van der Waals surface area contributed by atoms with Crippen molar-refractivity contribution in [1.29, 1.82) is 0 Å². The Morgan fingerprint density at radius 1 is 1.44 bits per heavy atom. The molecule has 0 saturated carbocycles. The van der Waals surface area contributed by atoms with Crippen molar-refractivity contribution in [2.45, 2.75) is 53.0 Å². The third-order valence-corrected chi connectivity index (χ3v) is 4.06. The second kappa shape index (κ2) is 5.99.